The molecule has 1 aliphatic heterocycles. The van der Waals surface area contributed by atoms with Gasteiger partial charge in [-0.05, 0) is 57.9 Å². The van der Waals surface area contributed by atoms with E-state index in [4.69, 9.17) is 4.74 Å². The minimum atomic E-state index is -0.995. The number of benzene rings is 2. The molecule has 7 nitrogen and oxygen atoms in total. The monoisotopic (exact) mass is 491 g/mol. The molecule has 192 valence electrons. The minimum absolute atomic E-state index is 0.193. The Morgan fingerprint density at radius 2 is 1.78 bits per heavy atom. The van der Waals surface area contributed by atoms with E-state index in [1.165, 1.54) is 0 Å². The van der Waals surface area contributed by atoms with E-state index in [9.17, 15) is 14.7 Å². The third kappa shape index (κ3) is 6.79. The summed E-state index contributed by atoms with van der Waals surface area (Å²) in [6.45, 7) is 9.62. The van der Waals surface area contributed by atoms with Crippen molar-refractivity contribution in [3.05, 3.63) is 71.3 Å². The van der Waals surface area contributed by atoms with Crippen molar-refractivity contribution in [1.82, 2.24) is 15.5 Å². The van der Waals surface area contributed by atoms with Crippen LogP contribution in [0.15, 0.2) is 54.6 Å². The minimum Gasteiger partial charge on any atom is -0.438 e. The number of amides is 3. The normalized spacial score (nSPS) is 19.0. The summed E-state index contributed by atoms with van der Waals surface area (Å²) >= 11 is 0. The van der Waals surface area contributed by atoms with Gasteiger partial charge in [0.25, 0.3) is 0 Å². The van der Waals surface area contributed by atoms with Crippen LogP contribution in [0, 0.1) is 11.8 Å². The molecule has 0 bridgehead atoms. The third-order valence-corrected chi connectivity index (χ3v) is 6.32. The van der Waals surface area contributed by atoms with Crippen LogP contribution in [0.3, 0.4) is 0 Å². The lowest BCUT2D eigenvalue weighted by Gasteiger charge is -2.45. The largest absolute Gasteiger partial charge is 0.438 e. The predicted octanol–water partition coefficient (Wildman–Crippen LogP) is 4.71. The number of carbonyl (C=O) groups is 2. The van der Waals surface area contributed by atoms with Gasteiger partial charge >= 0.3 is 12.1 Å². The number of hydrogen-bond donors (Lipinski definition) is 3. The van der Waals surface area contributed by atoms with Crippen molar-refractivity contribution in [2.75, 3.05) is 13.6 Å². The Hall–Kier alpha value is -3.50. The van der Waals surface area contributed by atoms with E-state index in [1.54, 1.807) is 25.8 Å². The van der Waals surface area contributed by atoms with Gasteiger partial charge in [0, 0.05) is 32.0 Å². The van der Waals surface area contributed by atoms with Crippen LogP contribution in [0.1, 0.15) is 70.2 Å². The molecule has 1 heterocycles. The van der Waals surface area contributed by atoms with Gasteiger partial charge in [-0.3, -0.25) is 0 Å². The fraction of sp³-hybridized carbons (Fsp3) is 0.448. The van der Waals surface area contributed by atoms with Crippen LogP contribution in [-0.2, 0) is 10.3 Å². The van der Waals surface area contributed by atoms with E-state index < -0.39 is 22.8 Å². The van der Waals surface area contributed by atoms with E-state index in [1.807, 2.05) is 75.4 Å². The lowest BCUT2D eigenvalue weighted by atomic mass is 9.80. The average Bonchev–Trinajstić information content (AvgIpc) is 2.82. The molecule has 3 N–H and O–H groups in total. The second-order valence-corrected chi connectivity index (χ2v) is 10.5. The Morgan fingerprint density at radius 1 is 1.14 bits per heavy atom. The number of nitrogens with zero attached hydrogens (tertiary/aromatic N) is 1. The highest BCUT2D eigenvalue weighted by atomic mass is 16.6. The van der Waals surface area contributed by atoms with E-state index in [-0.39, 0.29) is 12.1 Å². The quantitative estimate of drug-likeness (QED) is 0.511. The molecule has 0 radical (unpaired) electrons. The molecule has 7 heteroatoms. The van der Waals surface area contributed by atoms with Gasteiger partial charge in [0.05, 0.1) is 17.2 Å². The zero-order chi connectivity index (χ0) is 26.6. The molecule has 36 heavy (non-hydrogen) atoms. The summed E-state index contributed by atoms with van der Waals surface area (Å²) in [5.41, 5.74) is 0.122. The summed E-state index contributed by atoms with van der Waals surface area (Å²) in [5, 5.41) is 15.9. The van der Waals surface area contributed by atoms with E-state index in [0.717, 1.165) is 16.7 Å². The third-order valence-electron chi connectivity index (χ3n) is 6.32. The van der Waals surface area contributed by atoms with Crippen molar-refractivity contribution in [3.8, 4) is 11.8 Å². The summed E-state index contributed by atoms with van der Waals surface area (Å²) < 4.78 is 6.10. The van der Waals surface area contributed by atoms with Crippen LogP contribution in [0.4, 0.5) is 9.59 Å². The second-order valence-electron chi connectivity index (χ2n) is 10.5. The number of rotatable bonds is 6. The molecule has 2 unspecified atom stereocenters. The summed E-state index contributed by atoms with van der Waals surface area (Å²) in [7, 11) is 1.56. The van der Waals surface area contributed by atoms with Crippen LogP contribution in [0.2, 0.25) is 0 Å². The zero-order valence-corrected chi connectivity index (χ0v) is 22.0. The molecule has 1 aliphatic rings. The first-order valence-corrected chi connectivity index (χ1v) is 12.2. The first kappa shape index (κ1) is 27.1. The maximum atomic E-state index is 13.2. The Morgan fingerprint density at radius 3 is 2.33 bits per heavy atom. The van der Waals surface area contributed by atoms with Gasteiger partial charge in [-0.25, -0.2) is 9.59 Å². The molecule has 2 aromatic rings. The lowest BCUT2D eigenvalue weighted by Crippen LogP contribution is -2.51. The standard InChI is InChI=1S/C29H37N3O4/c1-21(23-14-12-22(13-15-23)16-17-27(2,3)31-25(33)30-6)32-19-18-29(36-26(32)34,20-28(4,5)35)24-10-8-7-9-11-24/h7-15,21,35H,18-20H2,1-6H3,(H2,30,31,33). The van der Waals surface area contributed by atoms with Gasteiger partial charge in [0.2, 0.25) is 0 Å². The number of ether oxygens (including phenoxy) is 1. The Kier molecular flexibility index (Phi) is 8.00. The maximum absolute atomic E-state index is 13.2. The summed E-state index contributed by atoms with van der Waals surface area (Å²) in [4.78, 5) is 26.5. The molecule has 0 aromatic heterocycles. The van der Waals surface area contributed by atoms with Crippen molar-refractivity contribution >= 4 is 12.1 Å². The number of cyclic esters (lactones) is 1. The molecule has 0 saturated carbocycles. The average molecular weight is 492 g/mol. The van der Waals surface area contributed by atoms with Crippen LogP contribution in [0.5, 0.6) is 0 Å². The van der Waals surface area contributed by atoms with Crippen LogP contribution >= 0.6 is 0 Å². The fourth-order valence-electron chi connectivity index (χ4n) is 4.52. The maximum Gasteiger partial charge on any atom is 0.411 e. The van der Waals surface area contributed by atoms with Gasteiger partial charge in [0.1, 0.15) is 5.60 Å². The number of nitrogens with one attached hydrogen (secondary N) is 2. The number of aliphatic hydroxyl groups is 1. The van der Waals surface area contributed by atoms with Gasteiger partial charge in [-0.1, -0.05) is 54.3 Å². The number of hydrogen-bond acceptors (Lipinski definition) is 4. The highest BCUT2D eigenvalue weighted by Gasteiger charge is 2.46. The number of urea groups is 1. The molecule has 1 fully saturated rings. The van der Waals surface area contributed by atoms with E-state index in [0.29, 0.717) is 19.4 Å². The first-order chi connectivity index (χ1) is 16.8. The highest BCUT2D eigenvalue weighted by molar-refractivity contribution is 5.75. The zero-order valence-electron chi connectivity index (χ0n) is 22.0. The van der Waals surface area contributed by atoms with E-state index in [2.05, 4.69) is 22.5 Å². The molecule has 0 aliphatic carbocycles. The Labute approximate surface area is 214 Å². The van der Waals surface area contributed by atoms with Crippen LogP contribution in [0.25, 0.3) is 0 Å². The van der Waals surface area contributed by atoms with Gasteiger partial charge < -0.3 is 25.4 Å². The first-order valence-electron chi connectivity index (χ1n) is 12.2. The summed E-state index contributed by atoms with van der Waals surface area (Å²) in [6, 6.07) is 16.9. The molecule has 2 atom stereocenters. The topological polar surface area (TPSA) is 90.9 Å². The molecule has 3 amide bonds. The van der Waals surface area contributed by atoms with Crippen molar-refractivity contribution in [1.29, 1.82) is 0 Å². The molecule has 0 spiro atoms. The lowest BCUT2D eigenvalue weighted by molar-refractivity contribution is -0.101. The SMILES string of the molecule is CNC(=O)NC(C)(C)C#Cc1ccc(C(C)N2CCC(CC(C)(C)O)(c3ccccc3)OC2=O)cc1. The van der Waals surface area contributed by atoms with Crippen LogP contribution < -0.4 is 10.6 Å². The van der Waals surface area contributed by atoms with Crippen molar-refractivity contribution in [3.63, 3.8) is 0 Å². The molecule has 1 saturated heterocycles. The molecule has 3 rings (SSSR count). The van der Waals surface area contributed by atoms with E-state index >= 15 is 0 Å². The van der Waals surface area contributed by atoms with Crippen LogP contribution in [-0.4, -0.2) is 46.9 Å². The summed E-state index contributed by atoms with van der Waals surface area (Å²) in [6.07, 6.45) is 0.498. The van der Waals surface area contributed by atoms with Crippen molar-refractivity contribution in [2.24, 2.45) is 0 Å². The molecular weight excluding hydrogens is 454 g/mol. The Bertz CT molecular complexity index is 1130. The summed E-state index contributed by atoms with van der Waals surface area (Å²) in [5.74, 6) is 6.17. The molecule has 2 aromatic carbocycles. The number of carbonyl (C=O) groups excluding carboxylic acids is 2. The van der Waals surface area contributed by atoms with Crippen molar-refractivity contribution in [2.45, 2.75) is 70.2 Å². The fourth-order valence-corrected chi connectivity index (χ4v) is 4.52. The van der Waals surface area contributed by atoms with Gasteiger partial charge in [-0.15, -0.1) is 0 Å². The predicted molar refractivity (Wildman–Crippen MR) is 140 cm³/mol. The smallest absolute Gasteiger partial charge is 0.411 e. The Balaban J connectivity index is 1.74. The van der Waals surface area contributed by atoms with Gasteiger partial charge in [0.15, 0.2) is 0 Å². The van der Waals surface area contributed by atoms with Gasteiger partial charge in [-0.2, -0.15) is 0 Å². The molecular formula is C29H37N3O4. The second kappa shape index (κ2) is 10.6. The highest BCUT2D eigenvalue weighted by Crippen LogP contribution is 2.42. The van der Waals surface area contributed by atoms with Crippen molar-refractivity contribution < 1.29 is 19.4 Å².